The molecule has 0 bridgehead atoms. The minimum absolute atomic E-state index is 0.0155. The molecule has 2 aromatic heterocycles. The van der Waals surface area contributed by atoms with Crippen LogP contribution in [0.4, 0.5) is 0 Å². The first-order chi connectivity index (χ1) is 12.5. The molecule has 0 aromatic carbocycles. The summed E-state index contributed by atoms with van der Waals surface area (Å²) >= 11 is 0. The highest BCUT2D eigenvalue weighted by atomic mass is 16.2. The summed E-state index contributed by atoms with van der Waals surface area (Å²) in [5.41, 5.74) is 3.83. The Balaban J connectivity index is 1.41. The van der Waals surface area contributed by atoms with Gasteiger partial charge in [-0.15, -0.1) is 0 Å². The molecule has 8 nitrogen and oxygen atoms in total. The Labute approximate surface area is 152 Å². The molecule has 2 aliphatic heterocycles. The van der Waals surface area contributed by atoms with Gasteiger partial charge in [-0.25, -0.2) is 0 Å². The van der Waals surface area contributed by atoms with Gasteiger partial charge in [-0.2, -0.15) is 10.2 Å². The van der Waals surface area contributed by atoms with Crippen molar-refractivity contribution < 1.29 is 9.59 Å². The number of hydrogen-bond acceptors (Lipinski definition) is 4. The van der Waals surface area contributed by atoms with E-state index in [0.717, 1.165) is 42.9 Å². The van der Waals surface area contributed by atoms with Crippen LogP contribution in [0.15, 0.2) is 6.07 Å². The van der Waals surface area contributed by atoms with E-state index >= 15 is 0 Å². The maximum atomic E-state index is 12.8. The topological polar surface area (TPSA) is 87.1 Å². The van der Waals surface area contributed by atoms with Crippen LogP contribution in [0.2, 0.25) is 0 Å². The third-order valence-electron chi connectivity index (χ3n) is 5.33. The minimum atomic E-state index is -0.0327. The fraction of sp³-hybridized carbons (Fsp3) is 0.556. The monoisotopic (exact) mass is 356 g/mol. The van der Waals surface area contributed by atoms with Gasteiger partial charge in [0.15, 0.2) is 5.69 Å². The zero-order valence-electron chi connectivity index (χ0n) is 15.3. The second-order valence-electron chi connectivity index (χ2n) is 7.09. The Bertz CT molecular complexity index is 801. The Morgan fingerprint density at radius 2 is 1.69 bits per heavy atom. The van der Waals surface area contributed by atoms with Gasteiger partial charge >= 0.3 is 0 Å². The molecule has 4 rings (SSSR count). The third-order valence-corrected chi connectivity index (χ3v) is 5.33. The smallest absolute Gasteiger partial charge is 0.274 e. The first kappa shape index (κ1) is 16.8. The number of fused-ring (bicyclic) bond motifs is 1. The van der Waals surface area contributed by atoms with E-state index in [0.29, 0.717) is 37.4 Å². The lowest BCUT2D eigenvalue weighted by atomic mass is 10.1. The van der Waals surface area contributed by atoms with Gasteiger partial charge in [-0.3, -0.25) is 19.4 Å². The number of rotatable bonds is 2. The average Bonchev–Trinajstić information content (AvgIpc) is 3.24. The summed E-state index contributed by atoms with van der Waals surface area (Å²) in [7, 11) is 0. The van der Waals surface area contributed by atoms with E-state index in [1.165, 1.54) is 0 Å². The summed E-state index contributed by atoms with van der Waals surface area (Å²) in [5, 5.41) is 11.4. The summed E-state index contributed by atoms with van der Waals surface area (Å²) < 4.78 is 1.96. The molecule has 1 fully saturated rings. The van der Waals surface area contributed by atoms with Gasteiger partial charge in [0.1, 0.15) is 0 Å². The van der Waals surface area contributed by atoms with Gasteiger partial charge in [0.25, 0.3) is 11.8 Å². The minimum Gasteiger partial charge on any atom is -0.335 e. The van der Waals surface area contributed by atoms with Crippen molar-refractivity contribution in [1.29, 1.82) is 0 Å². The van der Waals surface area contributed by atoms with E-state index < -0.39 is 0 Å². The number of piperazine rings is 1. The Morgan fingerprint density at radius 3 is 2.31 bits per heavy atom. The molecule has 26 heavy (non-hydrogen) atoms. The maximum absolute atomic E-state index is 12.8. The molecule has 0 spiro atoms. The van der Waals surface area contributed by atoms with E-state index in [1.54, 1.807) is 9.80 Å². The standard InChI is InChI=1S/C18H24N6O2/c1-12-16(13(2)20-19-12)18(26)23-9-7-22(8-10-23)17(25)15-11-14-5-3-4-6-24(14)21-15/h11H,3-10H2,1-2H3,(H,19,20). The Morgan fingerprint density at radius 1 is 1.00 bits per heavy atom. The highest BCUT2D eigenvalue weighted by molar-refractivity contribution is 5.97. The van der Waals surface area contributed by atoms with Crippen molar-refractivity contribution in [3.63, 3.8) is 0 Å². The highest BCUT2D eigenvalue weighted by Gasteiger charge is 2.29. The number of amides is 2. The quantitative estimate of drug-likeness (QED) is 0.875. The molecule has 0 saturated carbocycles. The number of aromatic nitrogens is 4. The summed E-state index contributed by atoms with van der Waals surface area (Å²) in [4.78, 5) is 29.1. The fourth-order valence-electron chi connectivity index (χ4n) is 3.82. The Kier molecular flexibility index (Phi) is 4.26. The number of H-pyrrole nitrogens is 1. The SMILES string of the molecule is Cc1n[nH]c(C)c1C(=O)N1CCN(C(=O)c2cc3n(n2)CCCC3)CC1. The summed E-state index contributed by atoms with van der Waals surface area (Å²) in [5.74, 6) is -0.0482. The molecule has 2 amide bonds. The van der Waals surface area contributed by atoms with Crippen molar-refractivity contribution in [1.82, 2.24) is 29.8 Å². The normalized spacial score (nSPS) is 17.3. The molecule has 138 valence electrons. The van der Waals surface area contributed by atoms with Gasteiger partial charge in [0.05, 0.1) is 11.3 Å². The third kappa shape index (κ3) is 2.89. The number of carbonyl (C=O) groups is 2. The van der Waals surface area contributed by atoms with Crippen LogP contribution in [-0.4, -0.2) is 67.8 Å². The molecule has 0 unspecified atom stereocenters. The average molecular weight is 356 g/mol. The van der Waals surface area contributed by atoms with Crippen molar-refractivity contribution in [2.45, 2.75) is 39.7 Å². The van der Waals surface area contributed by atoms with Crippen LogP contribution in [0.1, 0.15) is 50.8 Å². The molecule has 4 heterocycles. The van der Waals surface area contributed by atoms with Crippen molar-refractivity contribution in [2.75, 3.05) is 26.2 Å². The van der Waals surface area contributed by atoms with Gasteiger partial charge < -0.3 is 9.80 Å². The van der Waals surface area contributed by atoms with E-state index in [-0.39, 0.29) is 11.8 Å². The van der Waals surface area contributed by atoms with Crippen LogP contribution in [0.3, 0.4) is 0 Å². The summed E-state index contributed by atoms with van der Waals surface area (Å²) in [6.45, 7) is 6.70. The number of nitrogens with zero attached hydrogens (tertiary/aromatic N) is 5. The van der Waals surface area contributed by atoms with Crippen molar-refractivity contribution in [3.8, 4) is 0 Å². The van der Waals surface area contributed by atoms with E-state index in [4.69, 9.17) is 0 Å². The van der Waals surface area contributed by atoms with E-state index in [9.17, 15) is 9.59 Å². The van der Waals surface area contributed by atoms with E-state index in [1.807, 2.05) is 24.6 Å². The predicted octanol–water partition coefficient (Wildman–Crippen LogP) is 1.16. The lowest BCUT2D eigenvalue weighted by molar-refractivity contribution is 0.0531. The van der Waals surface area contributed by atoms with Gasteiger partial charge in [0.2, 0.25) is 0 Å². The number of aromatic amines is 1. The van der Waals surface area contributed by atoms with Crippen LogP contribution >= 0.6 is 0 Å². The molecule has 1 saturated heterocycles. The highest BCUT2D eigenvalue weighted by Crippen LogP contribution is 2.18. The largest absolute Gasteiger partial charge is 0.335 e. The summed E-state index contributed by atoms with van der Waals surface area (Å²) in [6.07, 6.45) is 3.27. The molecule has 1 N–H and O–H groups in total. The molecule has 0 radical (unpaired) electrons. The zero-order chi connectivity index (χ0) is 18.3. The van der Waals surface area contributed by atoms with Crippen molar-refractivity contribution in [2.24, 2.45) is 0 Å². The predicted molar refractivity (Wildman–Crippen MR) is 95.0 cm³/mol. The van der Waals surface area contributed by atoms with Gasteiger partial charge in [-0.05, 0) is 39.2 Å². The van der Waals surface area contributed by atoms with Crippen LogP contribution in [0.25, 0.3) is 0 Å². The zero-order valence-corrected chi connectivity index (χ0v) is 15.3. The molecular weight excluding hydrogens is 332 g/mol. The molecular formula is C18H24N6O2. The van der Waals surface area contributed by atoms with Crippen molar-refractivity contribution >= 4 is 11.8 Å². The molecule has 2 aromatic rings. The van der Waals surface area contributed by atoms with Gasteiger partial charge in [-0.1, -0.05) is 0 Å². The van der Waals surface area contributed by atoms with Crippen molar-refractivity contribution in [3.05, 3.63) is 34.4 Å². The van der Waals surface area contributed by atoms with Crippen LogP contribution in [0.5, 0.6) is 0 Å². The summed E-state index contributed by atoms with van der Waals surface area (Å²) in [6, 6.07) is 1.93. The number of carbonyl (C=O) groups excluding carboxylic acids is 2. The van der Waals surface area contributed by atoms with E-state index in [2.05, 4.69) is 15.3 Å². The Hall–Kier alpha value is -2.64. The lowest BCUT2D eigenvalue weighted by Gasteiger charge is -2.34. The first-order valence-corrected chi connectivity index (χ1v) is 9.21. The lowest BCUT2D eigenvalue weighted by Crippen LogP contribution is -2.50. The second kappa shape index (κ2) is 6.59. The molecule has 0 aliphatic carbocycles. The second-order valence-corrected chi connectivity index (χ2v) is 7.09. The first-order valence-electron chi connectivity index (χ1n) is 9.21. The molecule has 2 aliphatic rings. The molecule has 0 atom stereocenters. The number of nitrogens with one attached hydrogen (secondary N) is 1. The van der Waals surface area contributed by atoms with Crippen LogP contribution < -0.4 is 0 Å². The number of aryl methyl sites for hydroxylation is 4. The maximum Gasteiger partial charge on any atom is 0.274 e. The molecule has 8 heteroatoms. The van der Waals surface area contributed by atoms with Gasteiger partial charge in [0, 0.05) is 44.1 Å². The number of hydrogen-bond donors (Lipinski definition) is 1. The van der Waals surface area contributed by atoms with Crippen LogP contribution in [-0.2, 0) is 13.0 Å². The fourth-order valence-corrected chi connectivity index (χ4v) is 3.82. The van der Waals surface area contributed by atoms with Crippen LogP contribution in [0, 0.1) is 13.8 Å².